The van der Waals surface area contributed by atoms with Gasteiger partial charge in [-0.15, -0.1) is 0 Å². The third-order valence-electron chi connectivity index (χ3n) is 6.15. The third-order valence-corrected chi connectivity index (χ3v) is 7.22. The number of carbonyl (C=O) groups excluding carboxylic acids is 1. The van der Waals surface area contributed by atoms with Crippen LogP contribution in [0.3, 0.4) is 0 Å². The molecule has 2 heterocycles. The Kier molecular flexibility index (Phi) is 6.39. The summed E-state index contributed by atoms with van der Waals surface area (Å²) in [4.78, 5) is 21.1. The summed E-state index contributed by atoms with van der Waals surface area (Å²) in [7, 11) is 0. The van der Waals surface area contributed by atoms with E-state index in [1.807, 2.05) is 66.7 Å². The van der Waals surface area contributed by atoms with Crippen molar-refractivity contribution >= 4 is 23.8 Å². The van der Waals surface area contributed by atoms with Crippen LogP contribution in [0.5, 0.6) is 0 Å². The van der Waals surface area contributed by atoms with Crippen LogP contribution in [0.1, 0.15) is 24.0 Å². The number of nitrogens with two attached hydrogens (primary N) is 1. The second-order valence-electron chi connectivity index (χ2n) is 8.44. The Labute approximate surface area is 204 Å². The molecule has 3 aromatic rings. The SMILES string of the molecule is NC1=NC(c2ccccc2)(c2ccccc2)C(=O)N1C#CC1CCCN(Sc2ccccc2)C1. The highest BCUT2D eigenvalue weighted by molar-refractivity contribution is 7.97. The largest absolute Gasteiger partial charge is 0.369 e. The minimum Gasteiger partial charge on any atom is -0.369 e. The van der Waals surface area contributed by atoms with Gasteiger partial charge < -0.3 is 5.73 Å². The molecule has 1 saturated heterocycles. The Balaban J connectivity index is 1.39. The van der Waals surface area contributed by atoms with Crippen LogP contribution < -0.4 is 5.73 Å². The third kappa shape index (κ3) is 4.33. The molecule has 6 heteroatoms. The summed E-state index contributed by atoms with van der Waals surface area (Å²) < 4.78 is 2.35. The van der Waals surface area contributed by atoms with Crippen molar-refractivity contribution in [2.24, 2.45) is 16.6 Å². The topological polar surface area (TPSA) is 61.9 Å². The molecule has 2 aliphatic rings. The van der Waals surface area contributed by atoms with E-state index in [1.165, 1.54) is 9.80 Å². The molecule has 1 unspecified atom stereocenters. The smallest absolute Gasteiger partial charge is 0.278 e. The number of benzene rings is 3. The van der Waals surface area contributed by atoms with Crippen LogP contribution in [0, 0.1) is 17.9 Å². The van der Waals surface area contributed by atoms with Gasteiger partial charge >= 0.3 is 0 Å². The molecule has 1 amide bonds. The molecule has 5 nitrogen and oxygen atoms in total. The van der Waals surface area contributed by atoms with E-state index in [4.69, 9.17) is 10.7 Å². The van der Waals surface area contributed by atoms with Crippen molar-refractivity contribution < 1.29 is 4.79 Å². The Morgan fingerprint density at radius 1 is 0.912 bits per heavy atom. The van der Waals surface area contributed by atoms with E-state index in [-0.39, 0.29) is 17.8 Å². The second-order valence-corrected chi connectivity index (χ2v) is 9.61. The summed E-state index contributed by atoms with van der Waals surface area (Å²) >= 11 is 1.76. The van der Waals surface area contributed by atoms with E-state index in [0.29, 0.717) is 0 Å². The van der Waals surface area contributed by atoms with Gasteiger partial charge in [-0.2, -0.15) is 0 Å². The quantitative estimate of drug-likeness (QED) is 0.455. The molecule has 1 fully saturated rings. The number of aliphatic imine (C=N–C) groups is 1. The number of piperidine rings is 1. The van der Waals surface area contributed by atoms with Crippen LogP contribution >= 0.6 is 11.9 Å². The van der Waals surface area contributed by atoms with E-state index >= 15 is 0 Å². The molecule has 5 rings (SSSR count). The van der Waals surface area contributed by atoms with Gasteiger partial charge in [0.2, 0.25) is 5.96 Å². The van der Waals surface area contributed by atoms with Crippen molar-refractivity contribution in [3.05, 3.63) is 102 Å². The highest BCUT2D eigenvalue weighted by atomic mass is 32.2. The van der Waals surface area contributed by atoms with Crippen molar-refractivity contribution in [3.8, 4) is 12.0 Å². The van der Waals surface area contributed by atoms with Gasteiger partial charge in [-0.1, -0.05) is 84.8 Å². The molecule has 3 aromatic carbocycles. The standard InChI is InChI=1S/C28H26N4OS/c29-27-30-28(23-12-4-1-5-13-23,24-14-6-2-7-15-24)26(33)32(27)20-18-22-11-10-19-31(21-22)34-25-16-8-3-9-17-25/h1-9,12-17,22H,10-11,19,21H2,(H2,29,30). The average Bonchev–Trinajstić information content (AvgIpc) is 3.15. The lowest BCUT2D eigenvalue weighted by Crippen LogP contribution is -2.41. The molecule has 2 aliphatic heterocycles. The van der Waals surface area contributed by atoms with E-state index in [0.717, 1.165) is 37.1 Å². The lowest BCUT2D eigenvalue weighted by Gasteiger charge is -2.29. The minimum absolute atomic E-state index is 0.136. The van der Waals surface area contributed by atoms with Crippen LogP contribution in [0.4, 0.5) is 0 Å². The monoisotopic (exact) mass is 466 g/mol. The zero-order valence-corrected chi connectivity index (χ0v) is 19.6. The fraction of sp³-hybridized carbons (Fsp3) is 0.214. The van der Waals surface area contributed by atoms with E-state index in [1.54, 1.807) is 11.9 Å². The van der Waals surface area contributed by atoms with Crippen molar-refractivity contribution in [1.29, 1.82) is 0 Å². The fourth-order valence-corrected chi connectivity index (χ4v) is 5.53. The lowest BCUT2D eigenvalue weighted by molar-refractivity contribution is -0.127. The maximum atomic E-state index is 13.8. The van der Waals surface area contributed by atoms with Crippen LogP contribution in [-0.2, 0) is 10.3 Å². The zero-order chi connectivity index (χ0) is 23.4. The summed E-state index contributed by atoms with van der Waals surface area (Å²) in [5.74, 6) is 3.38. The first-order chi connectivity index (χ1) is 16.7. The molecular weight excluding hydrogens is 440 g/mol. The van der Waals surface area contributed by atoms with Gasteiger partial charge in [0.25, 0.3) is 5.91 Å². The number of hydrogen-bond acceptors (Lipinski definition) is 5. The van der Waals surface area contributed by atoms with E-state index in [9.17, 15) is 4.79 Å². The van der Waals surface area contributed by atoms with E-state index < -0.39 is 5.54 Å². The first kappa shape index (κ1) is 22.3. The summed E-state index contributed by atoms with van der Waals surface area (Å²) in [6.07, 6.45) is 2.06. The van der Waals surface area contributed by atoms with Crippen LogP contribution in [0.2, 0.25) is 0 Å². The van der Waals surface area contributed by atoms with E-state index in [2.05, 4.69) is 40.5 Å². The number of guanidine groups is 1. The Morgan fingerprint density at radius 2 is 1.50 bits per heavy atom. The van der Waals surface area contributed by atoms with Gasteiger partial charge in [0, 0.05) is 29.9 Å². The highest BCUT2D eigenvalue weighted by Gasteiger charge is 2.50. The average molecular weight is 467 g/mol. The molecular formula is C28H26N4OS. The Bertz CT molecular complexity index is 1200. The number of rotatable bonds is 4. The summed E-state index contributed by atoms with van der Waals surface area (Å²) in [6, 6.07) is 32.6. The van der Waals surface area contributed by atoms with Crippen molar-refractivity contribution in [3.63, 3.8) is 0 Å². The first-order valence-electron chi connectivity index (χ1n) is 11.5. The number of hydrogen-bond donors (Lipinski definition) is 1. The van der Waals surface area contributed by atoms with Gasteiger partial charge in [-0.25, -0.2) is 14.2 Å². The van der Waals surface area contributed by atoms with Crippen LogP contribution in [0.15, 0.2) is 101 Å². The molecule has 34 heavy (non-hydrogen) atoms. The molecule has 0 aliphatic carbocycles. The van der Waals surface area contributed by atoms with Gasteiger partial charge in [0.15, 0.2) is 5.54 Å². The molecule has 0 radical (unpaired) electrons. The zero-order valence-electron chi connectivity index (χ0n) is 18.8. The van der Waals surface area contributed by atoms with Crippen molar-refractivity contribution in [1.82, 2.24) is 9.21 Å². The lowest BCUT2D eigenvalue weighted by atomic mass is 9.83. The highest BCUT2D eigenvalue weighted by Crippen LogP contribution is 2.39. The molecule has 1 atom stereocenters. The normalized spacial score (nSPS) is 19.9. The molecule has 170 valence electrons. The predicted molar refractivity (Wildman–Crippen MR) is 137 cm³/mol. The summed E-state index contributed by atoms with van der Waals surface area (Å²) in [6.45, 7) is 1.86. The maximum Gasteiger partial charge on any atom is 0.278 e. The Hall–Kier alpha value is -3.53. The molecule has 0 spiro atoms. The maximum absolute atomic E-state index is 13.8. The van der Waals surface area contributed by atoms with Gasteiger partial charge in [0.05, 0.1) is 0 Å². The minimum atomic E-state index is -1.22. The first-order valence-corrected chi connectivity index (χ1v) is 12.2. The van der Waals surface area contributed by atoms with Crippen LogP contribution in [-0.4, -0.2) is 34.2 Å². The molecule has 0 aromatic heterocycles. The fourth-order valence-electron chi connectivity index (χ4n) is 4.47. The van der Waals surface area contributed by atoms with Crippen molar-refractivity contribution in [2.75, 3.05) is 13.1 Å². The molecule has 2 N–H and O–H groups in total. The summed E-state index contributed by atoms with van der Waals surface area (Å²) in [5, 5.41) is 0. The number of amides is 1. The van der Waals surface area contributed by atoms with Gasteiger partial charge in [-0.3, -0.25) is 4.79 Å². The van der Waals surface area contributed by atoms with Gasteiger partial charge in [0.1, 0.15) is 0 Å². The summed E-state index contributed by atoms with van der Waals surface area (Å²) in [5.41, 5.74) is 6.64. The predicted octanol–water partition coefficient (Wildman–Crippen LogP) is 4.47. The second kappa shape index (κ2) is 9.76. The molecule has 0 bridgehead atoms. The Morgan fingerprint density at radius 3 is 2.12 bits per heavy atom. The number of nitrogens with zero attached hydrogens (tertiary/aromatic N) is 3. The van der Waals surface area contributed by atoms with Crippen molar-refractivity contribution in [2.45, 2.75) is 23.3 Å². The number of carbonyl (C=O) groups is 1. The van der Waals surface area contributed by atoms with Crippen LogP contribution in [0.25, 0.3) is 0 Å². The van der Waals surface area contributed by atoms with Gasteiger partial charge in [-0.05, 0) is 48.0 Å². The molecule has 0 saturated carbocycles.